The molecule has 1 aliphatic heterocycles. The zero-order valence-corrected chi connectivity index (χ0v) is 12.7. The smallest absolute Gasteiger partial charge is 0.306 e. The molecule has 0 spiro atoms. The molecule has 19 heavy (non-hydrogen) atoms. The van der Waals surface area contributed by atoms with Crippen LogP contribution in [0.15, 0.2) is 33.6 Å². The third-order valence-electron chi connectivity index (χ3n) is 3.43. The maximum atomic E-state index is 12.3. The second-order valence-corrected chi connectivity index (χ2v) is 7.40. The second kappa shape index (κ2) is 5.22. The Hall–Kier alpha value is -0.920. The molecule has 0 aromatic heterocycles. The van der Waals surface area contributed by atoms with E-state index >= 15 is 0 Å². The molecule has 7 heteroatoms. The topological polar surface area (TPSA) is 74.7 Å². The maximum absolute atomic E-state index is 12.3. The molecule has 1 fully saturated rings. The standard InChI is InChI=1S/C12H14BrNO4S/c1-8(12(15)16)9-6-14(7-9)19(17,18)11-5-3-2-4-10(11)13/h2-5,8-9H,6-7H2,1H3,(H,15,16). The van der Waals surface area contributed by atoms with E-state index in [9.17, 15) is 13.2 Å². The summed E-state index contributed by atoms with van der Waals surface area (Å²) in [7, 11) is -3.53. The highest BCUT2D eigenvalue weighted by atomic mass is 79.9. The van der Waals surface area contributed by atoms with Crippen molar-refractivity contribution >= 4 is 31.9 Å². The van der Waals surface area contributed by atoms with E-state index < -0.39 is 21.9 Å². The molecule has 0 amide bonds. The van der Waals surface area contributed by atoms with Gasteiger partial charge in [0.2, 0.25) is 10.0 Å². The van der Waals surface area contributed by atoms with Crippen LogP contribution in [0.2, 0.25) is 0 Å². The Bertz CT molecular complexity index is 596. The molecule has 0 bridgehead atoms. The third-order valence-corrected chi connectivity index (χ3v) is 6.27. The highest BCUT2D eigenvalue weighted by Crippen LogP contribution is 2.32. The summed E-state index contributed by atoms with van der Waals surface area (Å²) in [6.45, 7) is 2.13. The highest BCUT2D eigenvalue weighted by molar-refractivity contribution is 9.10. The lowest BCUT2D eigenvalue weighted by molar-refractivity contribution is -0.144. The maximum Gasteiger partial charge on any atom is 0.306 e. The van der Waals surface area contributed by atoms with Crippen molar-refractivity contribution in [1.29, 1.82) is 0 Å². The SMILES string of the molecule is CC(C(=O)O)C1CN(S(=O)(=O)c2ccccc2Br)C1. The molecule has 1 unspecified atom stereocenters. The number of aliphatic carboxylic acids is 1. The van der Waals surface area contributed by atoms with Crippen LogP contribution in [0.1, 0.15) is 6.92 Å². The van der Waals surface area contributed by atoms with E-state index in [-0.39, 0.29) is 23.9 Å². The van der Waals surface area contributed by atoms with Gasteiger partial charge in [-0.3, -0.25) is 4.79 Å². The molecule has 1 aromatic rings. The van der Waals surface area contributed by atoms with Crippen molar-refractivity contribution in [2.75, 3.05) is 13.1 Å². The minimum absolute atomic E-state index is 0.116. The zero-order valence-electron chi connectivity index (χ0n) is 10.3. The number of carbonyl (C=O) groups is 1. The van der Waals surface area contributed by atoms with Gasteiger partial charge < -0.3 is 5.11 Å². The Balaban J connectivity index is 2.13. The predicted molar refractivity (Wildman–Crippen MR) is 73.2 cm³/mol. The van der Waals surface area contributed by atoms with E-state index in [0.717, 1.165) is 0 Å². The van der Waals surface area contributed by atoms with E-state index in [4.69, 9.17) is 5.11 Å². The van der Waals surface area contributed by atoms with Gasteiger partial charge in [0.05, 0.1) is 10.8 Å². The molecule has 1 heterocycles. The van der Waals surface area contributed by atoms with Crippen molar-refractivity contribution in [1.82, 2.24) is 4.31 Å². The van der Waals surface area contributed by atoms with Gasteiger partial charge in [-0.25, -0.2) is 8.42 Å². The molecule has 104 valence electrons. The molecule has 0 aliphatic carbocycles. The minimum Gasteiger partial charge on any atom is -0.481 e. The largest absolute Gasteiger partial charge is 0.481 e. The third kappa shape index (κ3) is 2.68. The first-order valence-electron chi connectivity index (χ1n) is 5.81. The lowest BCUT2D eigenvalue weighted by Gasteiger charge is -2.40. The van der Waals surface area contributed by atoms with Crippen molar-refractivity contribution in [2.24, 2.45) is 11.8 Å². The summed E-state index contributed by atoms with van der Waals surface area (Å²) in [5, 5.41) is 8.89. The molecular formula is C12H14BrNO4S. The average Bonchev–Trinajstić information content (AvgIpc) is 2.26. The average molecular weight is 348 g/mol. The first-order chi connectivity index (χ1) is 8.84. The van der Waals surface area contributed by atoms with Gasteiger partial charge in [-0.05, 0) is 34.0 Å². The van der Waals surface area contributed by atoms with Gasteiger partial charge in [0.25, 0.3) is 0 Å². The van der Waals surface area contributed by atoms with Crippen LogP contribution in [0.4, 0.5) is 0 Å². The molecule has 1 saturated heterocycles. The Morgan fingerprint density at radius 2 is 2.00 bits per heavy atom. The van der Waals surface area contributed by atoms with Gasteiger partial charge in [-0.1, -0.05) is 19.1 Å². The van der Waals surface area contributed by atoms with E-state index in [1.54, 1.807) is 25.1 Å². The normalized spacial score (nSPS) is 18.8. The Morgan fingerprint density at radius 3 is 2.53 bits per heavy atom. The van der Waals surface area contributed by atoms with Crippen LogP contribution in [-0.4, -0.2) is 36.9 Å². The molecule has 1 N–H and O–H groups in total. The van der Waals surface area contributed by atoms with Crippen LogP contribution >= 0.6 is 15.9 Å². The van der Waals surface area contributed by atoms with Crippen molar-refractivity contribution in [2.45, 2.75) is 11.8 Å². The summed E-state index contributed by atoms with van der Waals surface area (Å²) in [6.07, 6.45) is 0. The van der Waals surface area contributed by atoms with Gasteiger partial charge in [0.15, 0.2) is 0 Å². The number of benzene rings is 1. The van der Waals surface area contributed by atoms with Crippen LogP contribution in [0.25, 0.3) is 0 Å². The number of carboxylic acids is 1. The lowest BCUT2D eigenvalue weighted by atomic mass is 9.89. The fraction of sp³-hybridized carbons (Fsp3) is 0.417. The fourth-order valence-corrected chi connectivity index (χ4v) is 4.49. The molecule has 2 rings (SSSR count). The summed E-state index contributed by atoms with van der Waals surface area (Å²) < 4.78 is 26.5. The van der Waals surface area contributed by atoms with Gasteiger partial charge in [-0.2, -0.15) is 4.31 Å². The predicted octanol–water partition coefficient (Wildman–Crippen LogP) is 1.79. The van der Waals surface area contributed by atoms with Gasteiger partial charge in [-0.15, -0.1) is 0 Å². The summed E-state index contributed by atoms with van der Waals surface area (Å²) >= 11 is 3.22. The van der Waals surface area contributed by atoms with Crippen molar-refractivity contribution in [3.8, 4) is 0 Å². The molecule has 1 atom stereocenters. The molecular weight excluding hydrogens is 334 g/mol. The van der Waals surface area contributed by atoms with E-state index in [1.165, 1.54) is 10.4 Å². The Morgan fingerprint density at radius 1 is 1.42 bits per heavy atom. The van der Waals surface area contributed by atoms with Gasteiger partial charge in [0.1, 0.15) is 0 Å². The number of carboxylic acid groups (broad SMARTS) is 1. The van der Waals surface area contributed by atoms with Crippen LogP contribution in [0.3, 0.4) is 0 Å². The van der Waals surface area contributed by atoms with Crippen molar-refractivity contribution in [3.63, 3.8) is 0 Å². The minimum atomic E-state index is -3.53. The van der Waals surface area contributed by atoms with Crippen molar-refractivity contribution < 1.29 is 18.3 Å². The second-order valence-electron chi connectivity index (χ2n) is 4.64. The van der Waals surface area contributed by atoms with Gasteiger partial charge >= 0.3 is 5.97 Å². The van der Waals surface area contributed by atoms with E-state index in [0.29, 0.717) is 4.47 Å². The van der Waals surface area contributed by atoms with Crippen LogP contribution < -0.4 is 0 Å². The first kappa shape index (κ1) is 14.5. The summed E-state index contributed by atoms with van der Waals surface area (Å²) in [5.41, 5.74) is 0. The van der Waals surface area contributed by atoms with Crippen LogP contribution in [0.5, 0.6) is 0 Å². The molecule has 1 aromatic carbocycles. The number of sulfonamides is 1. The van der Waals surface area contributed by atoms with E-state index in [1.807, 2.05) is 0 Å². The number of hydrogen-bond donors (Lipinski definition) is 1. The number of rotatable bonds is 4. The zero-order chi connectivity index (χ0) is 14.2. The Kier molecular flexibility index (Phi) is 3.98. The highest BCUT2D eigenvalue weighted by Gasteiger charge is 2.41. The van der Waals surface area contributed by atoms with Gasteiger partial charge in [0, 0.05) is 17.6 Å². The summed E-state index contributed by atoms with van der Waals surface area (Å²) in [4.78, 5) is 11.1. The Labute approximate surface area is 120 Å². The monoisotopic (exact) mass is 347 g/mol. The number of nitrogens with zero attached hydrogens (tertiary/aromatic N) is 1. The summed E-state index contributed by atoms with van der Waals surface area (Å²) in [5.74, 6) is -1.52. The fourth-order valence-electron chi connectivity index (χ4n) is 1.98. The van der Waals surface area contributed by atoms with E-state index in [2.05, 4.69) is 15.9 Å². The molecule has 0 radical (unpaired) electrons. The summed E-state index contributed by atoms with van der Waals surface area (Å²) in [6, 6.07) is 6.61. The van der Waals surface area contributed by atoms with Crippen molar-refractivity contribution in [3.05, 3.63) is 28.7 Å². The lowest BCUT2D eigenvalue weighted by Crippen LogP contribution is -2.53. The molecule has 0 saturated carbocycles. The quantitative estimate of drug-likeness (QED) is 0.900. The number of hydrogen-bond acceptors (Lipinski definition) is 3. The molecule has 5 nitrogen and oxygen atoms in total. The number of halogens is 1. The van der Waals surface area contributed by atoms with Crippen LogP contribution in [-0.2, 0) is 14.8 Å². The van der Waals surface area contributed by atoms with Crippen LogP contribution in [0, 0.1) is 11.8 Å². The molecule has 1 aliphatic rings. The first-order valence-corrected chi connectivity index (χ1v) is 8.05.